The summed E-state index contributed by atoms with van der Waals surface area (Å²) in [6.45, 7) is 8.66. The molecule has 5 heteroatoms. The summed E-state index contributed by atoms with van der Waals surface area (Å²) < 4.78 is 27.9. The van der Waals surface area contributed by atoms with E-state index in [1.165, 1.54) is 23.2 Å². The summed E-state index contributed by atoms with van der Waals surface area (Å²) in [6.07, 6.45) is 4.15. The van der Waals surface area contributed by atoms with E-state index in [1.807, 2.05) is 26.0 Å². The van der Waals surface area contributed by atoms with Gasteiger partial charge >= 0.3 is 0 Å². The van der Waals surface area contributed by atoms with Crippen molar-refractivity contribution in [1.29, 1.82) is 0 Å². The Kier molecular flexibility index (Phi) is 6.22. The zero-order chi connectivity index (χ0) is 19.4. The Labute approximate surface area is 163 Å². The van der Waals surface area contributed by atoms with E-state index in [9.17, 15) is 8.42 Å². The number of fused-ring (bicyclic) bond motifs is 1. The van der Waals surface area contributed by atoms with Gasteiger partial charge in [0.15, 0.2) is 0 Å². The molecule has 0 atom stereocenters. The lowest BCUT2D eigenvalue weighted by Crippen LogP contribution is -2.30. The zero-order valence-electron chi connectivity index (χ0n) is 16.6. The molecule has 1 aliphatic rings. The summed E-state index contributed by atoms with van der Waals surface area (Å²) in [6, 6.07) is 12.0. The maximum Gasteiger partial charge on any atom is 0.240 e. The van der Waals surface area contributed by atoms with Crippen LogP contribution in [-0.4, -0.2) is 28.1 Å². The van der Waals surface area contributed by atoms with Crippen LogP contribution in [0.1, 0.15) is 42.0 Å². The molecule has 146 valence electrons. The molecule has 2 aromatic rings. The minimum Gasteiger partial charge on any atom is -0.371 e. The van der Waals surface area contributed by atoms with Crippen LogP contribution in [0.15, 0.2) is 41.3 Å². The highest BCUT2D eigenvalue weighted by atomic mass is 32.2. The second kappa shape index (κ2) is 8.44. The number of sulfonamides is 1. The van der Waals surface area contributed by atoms with Crippen LogP contribution in [0.2, 0.25) is 0 Å². The first kappa shape index (κ1) is 19.9. The Bertz CT molecular complexity index is 907. The lowest BCUT2D eigenvalue weighted by atomic mass is 9.98. The van der Waals surface area contributed by atoms with Gasteiger partial charge in [-0.1, -0.05) is 36.8 Å². The van der Waals surface area contributed by atoms with Gasteiger partial charge < -0.3 is 4.90 Å². The van der Waals surface area contributed by atoms with Crippen molar-refractivity contribution in [3.8, 4) is 0 Å². The zero-order valence-corrected chi connectivity index (χ0v) is 17.4. The molecule has 3 rings (SSSR count). The second-order valence-corrected chi connectivity index (χ2v) is 9.21. The van der Waals surface area contributed by atoms with E-state index < -0.39 is 10.0 Å². The van der Waals surface area contributed by atoms with Gasteiger partial charge in [0, 0.05) is 25.3 Å². The molecule has 1 N–H and O–H groups in total. The van der Waals surface area contributed by atoms with Crippen LogP contribution in [0, 0.1) is 13.8 Å². The van der Waals surface area contributed by atoms with Crippen molar-refractivity contribution >= 4 is 15.7 Å². The standard InChI is InChI=1S/C22H30N2O2S/c1-4-13-24-14-5-6-20-16-19(8-9-21(20)24)11-12-23-27(25,26)22-10-7-17(2)15-18(22)3/h7-10,15-16,23H,4-6,11-14H2,1-3H3. The lowest BCUT2D eigenvalue weighted by Gasteiger charge is -2.31. The van der Waals surface area contributed by atoms with Crippen LogP contribution >= 0.6 is 0 Å². The SMILES string of the molecule is CCCN1CCCc2cc(CCNS(=O)(=O)c3ccc(C)cc3C)ccc21. The van der Waals surface area contributed by atoms with Gasteiger partial charge in [-0.25, -0.2) is 13.1 Å². The van der Waals surface area contributed by atoms with Gasteiger partial charge in [0.2, 0.25) is 10.0 Å². The molecule has 0 aromatic heterocycles. The Morgan fingerprint density at radius 1 is 1.11 bits per heavy atom. The molecule has 27 heavy (non-hydrogen) atoms. The average molecular weight is 387 g/mol. The molecule has 4 nitrogen and oxygen atoms in total. The molecule has 0 saturated heterocycles. The van der Waals surface area contributed by atoms with Gasteiger partial charge in [-0.05, 0) is 68.4 Å². The second-order valence-electron chi connectivity index (χ2n) is 7.47. The molecule has 0 amide bonds. The number of anilines is 1. The van der Waals surface area contributed by atoms with Gasteiger partial charge in [-0.15, -0.1) is 0 Å². The van der Waals surface area contributed by atoms with Crippen molar-refractivity contribution in [3.05, 3.63) is 58.7 Å². The third-order valence-electron chi connectivity index (χ3n) is 5.18. The van der Waals surface area contributed by atoms with E-state index in [2.05, 4.69) is 34.7 Å². The molecule has 0 fully saturated rings. The van der Waals surface area contributed by atoms with E-state index in [4.69, 9.17) is 0 Å². The van der Waals surface area contributed by atoms with Crippen molar-refractivity contribution in [1.82, 2.24) is 4.72 Å². The largest absolute Gasteiger partial charge is 0.371 e. The first-order chi connectivity index (χ1) is 12.9. The predicted octanol–water partition coefficient (Wildman–Crippen LogP) is 3.99. The molecule has 0 radical (unpaired) electrons. The summed E-state index contributed by atoms with van der Waals surface area (Å²) >= 11 is 0. The molecule has 1 heterocycles. The van der Waals surface area contributed by atoms with Crippen LogP contribution in [0.25, 0.3) is 0 Å². The summed E-state index contributed by atoms with van der Waals surface area (Å²) in [5.41, 5.74) is 5.78. The van der Waals surface area contributed by atoms with Crippen LogP contribution in [0.4, 0.5) is 5.69 Å². The van der Waals surface area contributed by atoms with E-state index in [0.717, 1.165) is 37.1 Å². The van der Waals surface area contributed by atoms with Crippen LogP contribution in [0.5, 0.6) is 0 Å². The number of benzene rings is 2. The molecule has 0 unspecified atom stereocenters. The lowest BCUT2D eigenvalue weighted by molar-refractivity contribution is 0.581. The van der Waals surface area contributed by atoms with Crippen molar-refractivity contribution in [3.63, 3.8) is 0 Å². The number of nitrogens with one attached hydrogen (secondary N) is 1. The van der Waals surface area contributed by atoms with E-state index in [0.29, 0.717) is 17.9 Å². The van der Waals surface area contributed by atoms with Crippen molar-refractivity contribution in [2.24, 2.45) is 0 Å². The fourth-order valence-electron chi connectivity index (χ4n) is 3.89. The van der Waals surface area contributed by atoms with Gasteiger partial charge in [0.25, 0.3) is 0 Å². The fraction of sp³-hybridized carbons (Fsp3) is 0.455. The molecular weight excluding hydrogens is 356 g/mol. The minimum absolute atomic E-state index is 0.369. The minimum atomic E-state index is -3.47. The maximum absolute atomic E-state index is 12.6. The Hall–Kier alpha value is -1.85. The van der Waals surface area contributed by atoms with Crippen LogP contribution in [0.3, 0.4) is 0 Å². The number of hydrogen-bond acceptors (Lipinski definition) is 3. The number of hydrogen-bond donors (Lipinski definition) is 1. The smallest absolute Gasteiger partial charge is 0.240 e. The van der Waals surface area contributed by atoms with Crippen molar-refractivity contribution < 1.29 is 8.42 Å². The van der Waals surface area contributed by atoms with Gasteiger partial charge in [0.05, 0.1) is 4.90 Å². The normalized spacial score (nSPS) is 14.3. The van der Waals surface area contributed by atoms with Crippen molar-refractivity contribution in [2.45, 2.75) is 51.3 Å². The fourth-order valence-corrected chi connectivity index (χ4v) is 5.15. The Balaban J connectivity index is 1.65. The molecular formula is C22H30N2O2S. The van der Waals surface area contributed by atoms with Crippen LogP contribution in [-0.2, 0) is 22.9 Å². The highest BCUT2D eigenvalue weighted by Gasteiger charge is 2.18. The molecule has 1 aliphatic heterocycles. The topological polar surface area (TPSA) is 49.4 Å². The third kappa shape index (κ3) is 4.71. The Morgan fingerprint density at radius 3 is 2.67 bits per heavy atom. The number of aryl methyl sites for hydroxylation is 3. The van der Waals surface area contributed by atoms with E-state index in [-0.39, 0.29) is 0 Å². The Morgan fingerprint density at radius 2 is 1.93 bits per heavy atom. The summed E-state index contributed by atoms with van der Waals surface area (Å²) in [5.74, 6) is 0. The average Bonchev–Trinajstić information content (AvgIpc) is 2.61. The molecule has 0 spiro atoms. The number of nitrogens with zero attached hydrogens (tertiary/aromatic N) is 1. The van der Waals surface area contributed by atoms with Gasteiger partial charge in [-0.2, -0.15) is 0 Å². The summed E-state index contributed by atoms with van der Waals surface area (Å²) in [4.78, 5) is 2.83. The highest BCUT2D eigenvalue weighted by molar-refractivity contribution is 7.89. The first-order valence-corrected chi connectivity index (χ1v) is 11.3. The molecule has 0 aliphatic carbocycles. The third-order valence-corrected chi connectivity index (χ3v) is 6.80. The summed E-state index contributed by atoms with van der Waals surface area (Å²) in [5, 5.41) is 0. The van der Waals surface area contributed by atoms with Gasteiger partial charge in [-0.3, -0.25) is 0 Å². The quantitative estimate of drug-likeness (QED) is 0.783. The molecule has 2 aromatic carbocycles. The number of rotatable bonds is 7. The van der Waals surface area contributed by atoms with E-state index >= 15 is 0 Å². The van der Waals surface area contributed by atoms with Crippen molar-refractivity contribution in [2.75, 3.05) is 24.5 Å². The first-order valence-electron chi connectivity index (χ1n) is 9.84. The molecule has 0 bridgehead atoms. The van der Waals surface area contributed by atoms with Crippen LogP contribution < -0.4 is 9.62 Å². The predicted molar refractivity (Wildman–Crippen MR) is 112 cm³/mol. The van der Waals surface area contributed by atoms with Gasteiger partial charge in [0.1, 0.15) is 0 Å². The summed E-state index contributed by atoms with van der Waals surface area (Å²) in [7, 11) is -3.47. The maximum atomic E-state index is 12.6. The monoisotopic (exact) mass is 386 g/mol. The van der Waals surface area contributed by atoms with E-state index in [1.54, 1.807) is 6.07 Å². The highest BCUT2D eigenvalue weighted by Crippen LogP contribution is 2.28. The molecule has 0 saturated carbocycles.